The number of nitrogens with one attached hydrogen (secondary N) is 1. The Labute approximate surface area is 223 Å². The predicted octanol–water partition coefficient (Wildman–Crippen LogP) is 6.55. The van der Waals surface area contributed by atoms with Crippen LogP contribution in [0, 0.1) is 0 Å². The Morgan fingerprint density at radius 2 is 1.39 bits per heavy atom. The second kappa shape index (κ2) is 11.7. The monoisotopic (exact) mass is 504 g/mol. The van der Waals surface area contributed by atoms with Crippen molar-refractivity contribution in [3.8, 4) is 11.5 Å². The molecule has 38 heavy (non-hydrogen) atoms. The number of para-hydroxylation sites is 1. The van der Waals surface area contributed by atoms with Crippen molar-refractivity contribution in [1.29, 1.82) is 0 Å². The van der Waals surface area contributed by atoms with Gasteiger partial charge in [0.2, 0.25) is 5.91 Å². The highest BCUT2D eigenvalue weighted by molar-refractivity contribution is 5.87. The molecule has 0 radical (unpaired) electrons. The molecule has 0 saturated heterocycles. The van der Waals surface area contributed by atoms with Crippen LogP contribution in [0.15, 0.2) is 109 Å². The Hall–Kier alpha value is -4.51. The first kappa shape index (κ1) is 25.2. The fourth-order valence-electron chi connectivity index (χ4n) is 4.96. The summed E-state index contributed by atoms with van der Waals surface area (Å²) in [5.41, 5.74) is 5.50. The number of ether oxygens (including phenoxy) is 2. The van der Waals surface area contributed by atoms with Crippen LogP contribution in [0.3, 0.4) is 0 Å². The van der Waals surface area contributed by atoms with Gasteiger partial charge in [0.1, 0.15) is 11.5 Å². The van der Waals surface area contributed by atoms with Gasteiger partial charge in [-0.1, -0.05) is 78.9 Å². The summed E-state index contributed by atoms with van der Waals surface area (Å²) in [6, 6.07) is 34.6. The van der Waals surface area contributed by atoms with Crippen LogP contribution in [0.4, 0.5) is 0 Å². The first-order chi connectivity index (χ1) is 18.6. The third kappa shape index (κ3) is 5.73. The first-order valence-electron chi connectivity index (χ1n) is 12.8. The standard InChI is InChI=1S/C33H32N2O3/c1-37-27-17-26(18-28(19-27)38-2)30(20-33(36)34-21-24-11-5-3-6-12-24)31-23-35(22-25-13-7-4-8-14-25)32-16-10-9-15-29(31)32/h3-19,23,30H,20-22H2,1-2H3,(H,34,36). The largest absolute Gasteiger partial charge is 0.497 e. The number of amides is 1. The highest BCUT2D eigenvalue weighted by atomic mass is 16.5. The molecule has 5 nitrogen and oxygen atoms in total. The minimum Gasteiger partial charge on any atom is -0.497 e. The highest BCUT2D eigenvalue weighted by Gasteiger charge is 2.24. The van der Waals surface area contributed by atoms with Crippen molar-refractivity contribution < 1.29 is 14.3 Å². The van der Waals surface area contributed by atoms with Crippen LogP contribution in [0.5, 0.6) is 11.5 Å². The molecular formula is C33H32N2O3. The van der Waals surface area contributed by atoms with Gasteiger partial charge in [-0.2, -0.15) is 0 Å². The maximum absolute atomic E-state index is 13.3. The van der Waals surface area contributed by atoms with Crippen LogP contribution in [0.2, 0.25) is 0 Å². The molecule has 0 bridgehead atoms. The summed E-state index contributed by atoms with van der Waals surface area (Å²) in [5, 5.41) is 4.24. The third-order valence-corrected chi connectivity index (χ3v) is 6.89. The van der Waals surface area contributed by atoms with Gasteiger partial charge in [-0.15, -0.1) is 0 Å². The SMILES string of the molecule is COc1cc(OC)cc(C(CC(=O)NCc2ccccc2)c2cn(Cc3ccccc3)c3ccccc23)c1. The lowest BCUT2D eigenvalue weighted by atomic mass is 9.87. The van der Waals surface area contributed by atoms with Crippen LogP contribution < -0.4 is 14.8 Å². The molecule has 1 amide bonds. The molecule has 0 aliphatic carbocycles. The Balaban J connectivity index is 1.55. The van der Waals surface area contributed by atoms with E-state index in [9.17, 15) is 4.79 Å². The van der Waals surface area contributed by atoms with Gasteiger partial charge in [-0.3, -0.25) is 4.79 Å². The summed E-state index contributed by atoms with van der Waals surface area (Å²) in [6.45, 7) is 1.24. The number of hydrogen-bond donors (Lipinski definition) is 1. The van der Waals surface area contributed by atoms with Gasteiger partial charge >= 0.3 is 0 Å². The minimum atomic E-state index is -0.198. The maximum Gasteiger partial charge on any atom is 0.221 e. The van der Waals surface area contributed by atoms with Crippen molar-refractivity contribution >= 4 is 16.8 Å². The molecule has 5 aromatic rings. The number of nitrogens with zero attached hydrogens (tertiary/aromatic N) is 1. The molecule has 0 fully saturated rings. The molecule has 0 aliphatic heterocycles. The maximum atomic E-state index is 13.3. The number of benzene rings is 4. The summed E-state index contributed by atoms with van der Waals surface area (Å²) < 4.78 is 13.4. The third-order valence-electron chi connectivity index (χ3n) is 6.89. The van der Waals surface area contributed by atoms with Crippen molar-refractivity contribution in [3.05, 3.63) is 132 Å². The highest BCUT2D eigenvalue weighted by Crippen LogP contribution is 2.38. The smallest absolute Gasteiger partial charge is 0.221 e. The summed E-state index contributed by atoms with van der Waals surface area (Å²) >= 11 is 0. The van der Waals surface area contributed by atoms with Crippen molar-refractivity contribution in [1.82, 2.24) is 9.88 Å². The topological polar surface area (TPSA) is 52.5 Å². The van der Waals surface area contributed by atoms with E-state index in [1.165, 1.54) is 5.56 Å². The van der Waals surface area contributed by atoms with Crippen LogP contribution in [-0.4, -0.2) is 24.7 Å². The molecule has 0 aliphatic rings. The quantitative estimate of drug-likeness (QED) is 0.235. The van der Waals surface area contributed by atoms with Gasteiger partial charge in [0.05, 0.1) is 14.2 Å². The van der Waals surface area contributed by atoms with E-state index in [0.29, 0.717) is 24.5 Å². The van der Waals surface area contributed by atoms with E-state index in [2.05, 4.69) is 64.6 Å². The van der Waals surface area contributed by atoms with Gasteiger partial charge in [0.25, 0.3) is 0 Å². The van der Waals surface area contributed by atoms with Crippen molar-refractivity contribution in [2.75, 3.05) is 14.2 Å². The molecule has 1 unspecified atom stereocenters. The second-order valence-corrected chi connectivity index (χ2v) is 9.38. The van der Waals surface area contributed by atoms with Crippen molar-refractivity contribution in [2.45, 2.75) is 25.4 Å². The Bertz CT molecular complexity index is 1490. The van der Waals surface area contributed by atoms with Gasteiger partial charge in [-0.05, 0) is 40.5 Å². The van der Waals surface area contributed by atoms with Gasteiger partial charge < -0.3 is 19.4 Å². The average Bonchev–Trinajstić information content (AvgIpc) is 3.33. The molecule has 1 aromatic heterocycles. The van der Waals surface area contributed by atoms with Crippen LogP contribution >= 0.6 is 0 Å². The van der Waals surface area contributed by atoms with Gasteiger partial charge in [-0.25, -0.2) is 0 Å². The predicted molar refractivity (Wildman–Crippen MR) is 152 cm³/mol. The van der Waals surface area contributed by atoms with E-state index in [-0.39, 0.29) is 11.8 Å². The lowest BCUT2D eigenvalue weighted by molar-refractivity contribution is -0.121. The van der Waals surface area contributed by atoms with E-state index in [1.807, 2.05) is 54.6 Å². The Kier molecular flexibility index (Phi) is 7.74. The van der Waals surface area contributed by atoms with E-state index in [4.69, 9.17) is 9.47 Å². The summed E-state index contributed by atoms with van der Waals surface area (Å²) in [4.78, 5) is 13.3. The molecule has 4 aromatic carbocycles. The molecule has 1 heterocycles. The lowest BCUT2D eigenvalue weighted by Gasteiger charge is -2.19. The number of methoxy groups -OCH3 is 2. The van der Waals surface area contributed by atoms with E-state index >= 15 is 0 Å². The van der Waals surface area contributed by atoms with E-state index < -0.39 is 0 Å². The van der Waals surface area contributed by atoms with Crippen LogP contribution in [-0.2, 0) is 17.9 Å². The molecular weight excluding hydrogens is 472 g/mol. The fourth-order valence-corrected chi connectivity index (χ4v) is 4.96. The molecule has 1 atom stereocenters. The van der Waals surface area contributed by atoms with Gasteiger partial charge in [0, 0.05) is 48.6 Å². The molecule has 5 rings (SSSR count). The number of aromatic nitrogens is 1. The number of carbonyl (C=O) groups excluding carboxylic acids is 1. The van der Waals surface area contributed by atoms with Crippen molar-refractivity contribution in [2.24, 2.45) is 0 Å². The minimum absolute atomic E-state index is 0.0134. The number of fused-ring (bicyclic) bond motifs is 1. The molecule has 5 heteroatoms. The fraction of sp³-hybridized carbons (Fsp3) is 0.182. The molecule has 1 N–H and O–H groups in total. The summed E-state index contributed by atoms with van der Waals surface area (Å²) in [5.74, 6) is 1.18. The zero-order chi connectivity index (χ0) is 26.3. The lowest BCUT2D eigenvalue weighted by Crippen LogP contribution is -2.25. The molecule has 0 spiro atoms. The van der Waals surface area contributed by atoms with Gasteiger partial charge in [0.15, 0.2) is 0 Å². The normalized spacial score (nSPS) is 11.7. The summed E-state index contributed by atoms with van der Waals surface area (Å²) in [7, 11) is 3.29. The zero-order valence-electron chi connectivity index (χ0n) is 21.8. The number of hydrogen-bond acceptors (Lipinski definition) is 3. The van der Waals surface area contributed by atoms with Crippen molar-refractivity contribution in [3.63, 3.8) is 0 Å². The first-order valence-corrected chi connectivity index (χ1v) is 12.8. The average molecular weight is 505 g/mol. The molecule has 192 valence electrons. The van der Waals surface area contributed by atoms with E-state index in [1.54, 1.807) is 14.2 Å². The zero-order valence-corrected chi connectivity index (χ0v) is 21.8. The Morgan fingerprint density at radius 3 is 2.05 bits per heavy atom. The second-order valence-electron chi connectivity index (χ2n) is 9.38. The molecule has 0 saturated carbocycles. The number of rotatable bonds is 10. The van der Waals surface area contributed by atoms with E-state index in [0.717, 1.165) is 34.1 Å². The van der Waals surface area contributed by atoms with Crippen LogP contribution in [0.1, 0.15) is 34.6 Å². The van der Waals surface area contributed by atoms with Crippen LogP contribution in [0.25, 0.3) is 10.9 Å². The summed E-state index contributed by atoms with van der Waals surface area (Å²) in [6.07, 6.45) is 2.49. The number of carbonyl (C=O) groups is 1. The Morgan fingerprint density at radius 1 is 0.789 bits per heavy atom.